The van der Waals surface area contributed by atoms with Crippen LogP contribution in [0.25, 0.3) is 11.5 Å². The second kappa shape index (κ2) is 6.25. The summed E-state index contributed by atoms with van der Waals surface area (Å²) in [7, 11) is 0. The molecule has 0 bridgehead atoms. The quantitative estimate of drug-likeness (QED) is 0.623. The van der Waals surface area contributed by atoms with E-state index in [9.17, 15) is 10.1 Å². The highest BCUT2D eigenvalue weighted by atomic mass is 79.9. The molecular weight excluding hydrogens is 302 g/mol. The molecule has 0 N–H and O–H groups in total. The van der Waals surface area contributed by atoms with E-state index < -0.39 is 4.92 Å². The van der Waals surface area contributed by atoms with Crippen LogP contribution in [0.3, 0.4) is 0 Å². The third kappa shape index (κ3) is 3.13. The summed E-state index contributed by atoms with van der Waals surface area (Å²) >= 11 is 3.04. The second-order valence-corrected chi connectivity index (χ2v) is 3.84. The first-order valence-corrected chi connectivity index (χ1v) is 6.12. The van der Waals surface area contributed by atoms with Gasteiger partial charge in [-0.05, 0) is 34.1 Å². The van der Waals surface area contributed by atoms with Crippen molar-refractivity contribution in [2.75, 3.05) is 0 Å². The Kier molecular flexibility index (Phi) is 4.96. The summed E-state index contributed by atoms with van der Waals surface area (Å²) in [4.78, 5) is 14.2. The Morgan fingerprint density at radius 2 is 2.06 bits per heavy atom. The van der Waals surface area contributed by atoms with Gasteiger partial charge in [0.2, 0.25) is 4.73 Å². The highest BCUT2D eigenvalue weighted by molar-refractivity contribution is 9.10. The van der Waals surface area contributed by atoms with Crippen molar-refractivity contribution in [3.8, 4) is 11.5 Å². The van der Waals surface area contributed by atoms with E-state index in [0.29, 0.717) is 15.9 Å². The fourth-order valence-electron chi connectivity index (χ4n) is 1.26. The van der Waals surface area contributed by atoms with Gasteiger partial charge in [0.1, 0.15) is 0 Å². The summed E-state index contributed by atoms with van der Waals surface area (Å²) in [5.74, 6) is 0.245. The van der Waals surface area contributed by atoms with Crippen molar-refractivity contribution in [1.29, 1.82) is 0 Å². The van der Waals surface area contributed by atoms with Gasteiger partial charge in [0.15, 0.2) is 0 Å². The van der Waals surface area contributed by atoms with Crippen molar-refractivity contribution in [2.24, 2.45) is 0 Å². The number of hydrogen-bond acceptors (Lipinski definition) is 5. The molecule has 0 radical (unpaired) electrons. The summed E-state index contributed by atoms with van der Waals surface area (Å²) < 4.78 is 5.21. The van der Waals surface area contributed by atoms with E-state index in [-0.39, 0.29) is 11.6 Å². The zero-order chi connectivity index (χ0) is 13.7. The molecule has 0 fully saturated rings. The van der Waals surface area contributed by atoms with Crippen LogP contribution >= 0.6 is 15.9 Å². The lowest BCUT2D eigenvalue weighted by Gasteiger charge is -1.98. The largest absolute Gasteiger partial charge is 0.333 e. The number of nitro groups is 1. The van der Waals surface area contributed by atoms with E-state index in [1.807, 2.05) is 13.8 Å². The Morgan fingerprint density at radius 3 is 2.56 bits per heavy atom. The van der Waals surface area contributed by atoms with Gasteiger partial charge >= 0.3 is 0 Å². The van der Waals surface area contributed by atoms with Crippen LogP contribution < -0.4 is 0 Å². The van der Waals surface area contributed by atoms with Gasteiger partial charge in [0.25, 0.3) is 11.6 Å². The van der Waals surface area contributed by atoms with Crippen molar-refractivity contribution in [1.82, 2.24) is 10.1 Å². The average Bonchev–Trinajstić information content (AvgIpc) is 2.79. The number of benzene rings is 1. The van der Waals surface area contributed by atoms with Gasteiger partial charge in [-0.25, -0.2) is 0 Å². The van der Waals surface area contributed by atoms with Crippen molar-refractivity contribution < 1.29 is 9.45 Å². The minimum atomic E-state index is -0.440. The summed E-state index contributed by atoms with van der Waals surface area (Å²) in [6.07, 6.45) is 0. The molecule has 0 saturated heterocycles. The van der Waals surface area contributed by atoms with E-state index in [1.54, 1.807) is 19.1 Å². The lowest BCUT2D eigenvalue weighted by molar-refractivity contribution is -0.385. The van der Waals surface area contributed by atoms with Crippen LogP contribution in [0, 0.1) is 17.0 Å². The average molecular weight is 314 g/mol. The number of nitro benzene ring substituents is 1. The summed E-state index contributed by atoms with van der Waals surface area (Å²) in [6, 6.07) is 4.75. The first-order chi connectivity index (χ1) is 8.58. The standard InChI is InChI=1S/C9H6BrN3O3.C2H6/c1-5-2-3-6(4-7(5)13(14)15)8-11-9(10)12-16-8;1-2/h2-4H,1H3;1-2H3. The van der Waals surface area contributed by atoms with Crippen LogP contribution in [-0.4, -0.2) is 15.1 Å². The second-order valence-electron chi connectivity index (χ2n) is 3.13. The van der Waals surface area contributed by atoms with Gasteiger partial charge in [0, 0.05) is 17.2 Å². The Bertz CT molecular complexity index is 554. The smallest absolute Gasteiger partial charge is 0.273 e. The van der Waals surface area contributed by atoms with Crippen molar-refractivity contribution >= 4 is 21.6 Å². The Balaban J connectivity index is 0.000000771. The zero-order valence-corrected chi connectivity index (χ0v) is 11.8. The molecule has 18 heavy (non-hydrogen) atoms. The first kappa shape index (κ1) is 14.3. The number of aryl methyl sites for hydroxylation is 1. The maximum absolute atomic E-state index is 10.7. The predicted molar refractivity (Wildman–Crippen MR) is 70.2 cm³/mol. The number of aromatic nitrogens is 2. The highest BCUT2D eigenvalue weighted by Crippen LogP contribution is 2.26. The number of rotatable bonds is 2. The lowest BCUT2D eigenvalue weighted by atomic mass is 10.1. The maximum Gasteiger partial charge on any atom is 0.273 e. The van der Waals surface area contributed by atoms with Crippen LogP contribution in [0.4, 0.5) is 5.69 Å². The topological polar surface area (TPSA) is 82.1 Å². The zero-order valence-electron chi connectivity index (χ0n) is 10.2. The van der Waals surface area contributed by atoms with Crippen molar-refractivity contribution in [3.05, 3.63) is 38.6 Å². The minimum Gasteiger partial charge on any atom is -0.333 e. The van der Waals surface area contributed by atoms with E-state index in [0.717, 1.165) is 0 Å². The van der Waals surface area contributed by atoms with Crippen molar-refractivity contribution in [2.45, 2.75) is 20.8 Å². The van der Waals surface area contributed by atoms with E-state index in [2.05, 4.69) is 26.1 Å². The fraction of sp³-hybridized carbons (Fsp3) is 0.273. The molecule has 2 aromatic rings. The molecule has 0 amide bonds. The van der Waals surface area contributed by atoms with Gasteiger partial charge in [-0.1, -0.05) is 19.9 Å². The number of hydrogen-bond donors (Lipinski definition) is 0. The maximum atomic E-state index is 10.7. The summed E-state index contributed by atoms with van der Waals surface area (Å²) in [5.41, 5.74) is 1.15. The molecule has 0 unspecified atom stereocenters. The molecule has 1 aromatic heterocycles. The molecule has 0 spiro atoms. The van der Waals surface area contributed by atoms with Crippen LogP contribution in [-0.2, 0) is 0 Å². The van der Waals surface area contributed by atoms with Crippen molar-refractivity contribution in [3.63, 3.8) is 0 Å². The molecule has 0 saturated carbocycles. The molecule has 96 valence electrons. The van der Waals surface area contributed by atoms with E-state index in [1.165, 1.54) is 6.07 Å². The highest BCUT2D eigenvalue weighted by Gasteiger charge is 2.14. The fourth-order valence-corrected chi connectivity index (χ4v) is 1.50. The molecule has 1 heterocycles. The number of halogens is 1. The molecular formula is C11H12BrN3O3. The summed E-state index contributed by atoms with van der Waals surface area (Å²) in [6.45, 7) is 5.67. The Hall–Kier alpha value is -1.76. The van der Waals surface area contributed by atoms with Crippen LogP contribution in [0.15, 0.2) is 27.5 Å². The van der Waals surface area contributed by atoms with E-state index in [4.69, 9.17) is 4.52 Å². The molecule has 1 aromatic carbocycles. The molecule has 0 aliphatic heterocycles. The number of nitrogens with zero attached hydrogens (tertiary/aromatic N) is 3. The predicted octanol–water partition coefficient (Wildman–Crippen LogP) is 3.74. The third-order valence-corrected chi connectivity index (χ3v) is 2.38. The molecule has 6 nitrogen and oxygen atoms in total. The van der Waals surface area contributed by atoms with Gasteiger partial charge in [-0.3, -0.25) is 10.1 Å². The van der Waals surface area contributed by atoms with Crippen LogP contribution in [0.2, 0.25) is 0 Å². The van der Waals surface area contributed by atoms with Gasteiger partial charge in [0.05, 0.1) is 4.92 Å². The Morgan fingerprint density at radius 1 is 1.39 bits per heavy atom. The molecule has 0 aliphatic rings. The lowest BCUT2D eigenvalue weighted by Crippen LogP contribution is -1.92. The van der Waals surface area contributed by atoms with Gasteiger partial charge in [-0.15, -0.1) is 0 Å². The third-order valence-electron chi connectivity index (χ3n) is 2.05. The van der Waals surface area contributed by atoms with Gasteiger partial charge < -0.3 is 4.52 Å². The molecule has 2 rings (SSSR count). The minimum absolute atomic E-state index is 0.0341. The summed E-state index contributed by atoms with van der Waals surface area (Å²) in [5, 5.41) is 14.3. The van der Waals surface area contributed by atoms with Crippen LogP contribution in [0.5, 0.6) is 0 Å². The monoisotopic (exact) mass is 313 g/mol. The van der Waals surface area contributed by atoms with Crippen LogP contribution in [0.1, 0.15) is 19.4 Å². The molecule has 7 heteroatoms. The molecule has 0 atom stereocenters. The SMILES string of the molecule is CC.Cc1ccc(-c2nc(Br)no2)cc1[N+](=O)[O-]. The Labute approximate surface area is 112 Å². The van der Waals surface area contributed by atoms with E-state index >= 15 is 0 Å². The molecule has 0 aliphatic carbocycles. The van der Waals surface area contributed by atoms with Gasteiger partial charge in [-0.2, -0.15) is 4.98 Å². The first-order valence-electron chi connectivity index (χ1n) is 5.32. The normalized spacial score (nSPS) is 9.56.